The number of nitrogens with zero attached hydrogens (tertiary/aromatic N) is 3. The quantitative estimate of drug-likeness (QED) is 0.532. The Kier molecular flexibility index (Phi) is 1.22. The van der Waals surface area contributed by atoms with E-state index in [1.807, 2.05) is 0 Å². The molecule has 0 radical (unpaired) electrons. The molecule has 0 amide bonds. The van der Waals surface area contributed by atoms with Crippen LogP contribution in [0.3, 0.4) is 0 Å². The molecule has 5 nitrogen and oxygen atoms in total. The van der Waals surface area contributed by atoms with Crippen LogP contribution in [0.1, 0.15) is 0 Å². The second kappa shape index (κ2) is 2.09. The van der Waals surface area contributed by atoms with Gasteiger partial charge in [0.1, 0.15) is 22.8 Å². The smallest absolute Gasteiger partial charge is 0.197 e. The summed E-state index contributed by atoms with van der Waals surface area (Å²) in [6.07, 6.45) is 2.81. The lowest BCUT2D eigenvalue weighted by atomic mass is 10.6. The minimum atomic E-state index is -1.37. The van der Waals surface area contributed by atoms with Crippen molar-refractivity contribution in [1.82, 2.24) is 9.97 Å². The maximum absolute atomic E-state index is 11.2. The minimum Gasteiger partial charge on any atom is -0.376 e. The first-order valence-corrected chi connectivity index (χ1v) is 4.00. The molecule has 2 heterocycles. The second-order valence-corrected chi connectivity index (χ2v) is 3.27. The molecule has 0 bridgehead atoms. The topological polar surface area (TPSA) is 81.2 Å². The van der Waals surface area contributed by atoms with E-state index in [0.29, 0.717) is 10.7 Å². The highest BCUT2D eigenvalue weighted by molar-refractivity contribution is 8.00. The van der Waals surface area contributed by atoms with E-state index < -0.39 is 10.8 Å². The Bertz CT molecular complexity index is 361. The zero-order chi connectivity index (χ0) is 7.84. The van der Waals surface area contributed by atoms with Gasteiger partial charge in [0, 0.05) is 0 Å². The molecule has 1 aromatic rings. The van der Waals surface area contributed by atoms with Gasteiger partial charge in [0.2, 0.25) is 0 Å². The van der Waals surface area contributed by atoms with Crippen molar-refractivity contribution < 1.29 is 4.21 Å². The second-order valence-electron chi connectivity index (χ2n) is 1.93. The third kappa shape index (κ3) is 0.829. The van der Waals surface area contributed by atoms with E-state index in [0.717, 1.165) is 0 Å². The van der Waals surface area contributed by atoms with Gasteiger partial charge in [-0.25, -0.2) is 19.2 Å². The molecule has 1 aliphatic heterocycles. The Morgan fingerprint density at radius 2 is 2.36 bits per heavy atom. The predicted octanol–water partition coefficient (Wildman–Crippen LogP) is -0.456. The molecule has 0 fully saturated rings. The van der Waals surface area contributed by atoms with Crippen LogP contribution in [0.4, 0.5) is 5.69 Å². The van der Waals surface area contributed by atoms with E-state index in [9.17, 15) is 4.21 Å². The van der Waals surface area contributed by atoms with Crippen LogP contribution in [-0.2, 0) is 10.8 Å². The molecule has 0 saturated heterocycles. The van der Waals surface area contributed by atoms with Crippen LogP contribution in [-0.4, -0.2) is 19.3 Å². The molecular formula is C5H4N4OS. The lowest BCUT2D eigenvalue weighted by molar-refractivity contribution is 0.688. The van der Waals surface area contributed by atoms with Crippen molar-refractivity contribution in [3.05, 3.63) is 12.5 Å². The standard InChI is InChI=1S/C5H4N4OS/c6-5-9-3-1-7-2-8-4(3)11(5)10/h1-2H,(H2,6,9). The Hall–Kier alpha value is -1.30. The van der Waals surface area contributed by atoms with Gasteiger partial charge in [-0.3, -0.25) is 0 Å². The van der Waals surface area contributed by atoms with Gasteiger partial charge in [-0.05, 0) is 0 Å². The molecule has 56 valence electrons. The van der Waals surface area contributed by atoms with Crippen LogP contribution in [0.25, 0.3) is 0 Å². The fraction of sp³-hybridized carbons (Fsp3) is 0. The van der Waals surface area contributed by atoms with Gasteiger partial charge in [0.25, 0.3) is 0 Å². The first-order valence-electron chi connectivity index (χ1n) is 2.85. The molecule has 0 spiro atoms. The average Bonchev–Trinajstić information content (AvgIpc) is 2.30. The fourth-order valence-corrected chi connectivity index (χ4v) is 1.60. The van der Waals surface area contributed by atoms with Gasteiger partial charge in [0.05, 0.1) is 6.20 Å². The van der Waals surface area contributed by atoms with Gasteiger partial charge in [-0.15, -0.1) is 0 Å². The summed E-state index contributed by atoms with van der Waals surface area (Å²) in [7, 11) is -1.37. The summed E-state index contributed by atoms with van der Waals surface area (Å²) in [5.74, 6) is 0. The molecular weight excluding hydrogens is 164 g/mol. The maximum Gasteiger partial charge on any atom is 0.197 e. The normalized spacial score (nSPS) is 21.1. The molecule has 2 rings (SSSR count). The summed E-state index contributed by atoms with van der Waals surface area (Å²) < 4.78 is 11.2. The number of nitrogens with two attached hydrogens (primary N) is 1. The van der Waals surface area contributed by atoms with Crippen LogP contribution in [0.2, 0.25) is 0 Å². The third-order valence-electron chi connectivity index (χ3n) is 1.25. The number of aromatic nitrogens is 2. The highest BCUT2D eigenvalue weighted by Crippen LogP contribution is 2.24. The van der Waals surface area contributed by atoms with Crippen molar-refractivity contribution in [3.63, 3.8) is 0 Å². The number of amidine groups is 1. The molecule has 0 aliphatic carbocycles. The van der Waals surface area contributed by atoms with Crippen LogP contribution in [0, 0.1) is 0 Å². The number of rotatable bonds is 0. The molecule has 0 saturated carbocycles. The summed E-state index contributed by atoms with van der Waals surface area (Å²) in [4.78, 5) is 11.3. The highest BCUT2D eigenvalue weighted by Gasteiger charge is 2.21. The molecule has 11 heavy (non-hydrogen) atoms. The van der Waals surface area contributed by atoms with E-state index >= 15 is 0 Å². The van der Waals surface area contributed by atoms with Crippen LogP contribution in [0.15, 0.2) is 22.5 Å². The first kappa shape index (κ1) is 6.41. The summed E-state index contributed by atoms with van der Waals surface area (Å²) >= 11 is 0. The summed E-state index contributed by atoms with van der Waals surface area (Å²) in [6.45, 7) is 0. The van der Waals surface area contributed by atoms with E-state index in [1.165, 1.54) is 12.5 Å². The van der Waals surface area contributed by atoms with Gasteiger partial charge in [-0.1, -0.05) is 0 Å². The number of aliphatic imine (C=N–C) groups is 1. The number of fused-ring (bicyclic) bond motifs is 1. The van der Waals surface area contributed by atoms with Gasteiger partial charge < -0.3 is 5.73 Å². The molecule has 1 unspecified atom stereocenters. The summed E-state index contributed by atoms with van der Waals surface area (Å²) in [6, 6.07) is 0. The van der Waals surface area contributed by atoms with Crippen LogP contribution in [0.5, 0.6) is 0 Å². The SMILES string of the molecule is NC1=Nc2cncnc2S1=O. The van der Waals surface area contributed by atoms with Gasteiger partial charge in [-0.2, -0.15) is 0 Å². The van der Waals surface area contributed by atoms with Gasteiger partial charge >= 0.3 is 0 Å². The zero-order valence-corrected chi connectivity index (χ0v) is 6.21. The van der Waals surface area contributed by atoms with Gasteiger partial charge in [0.15, 0.2) is 10.2 Å². The molecule has 1 atom stereocenters. The molecule has 6 heteroatoms. The number of hydrogen-bond donors (Lipinski definition) is 1. The Morgan fingerprint density at radius 1 is 1.55 bits per heavy atom. The summed E-state index contributed by atoms with van der Waals surface area (Å²) in [5, 5.41) is 0.498. The molecule has 0 aromatic carbocycles. The van der Waals surface area contributed by atoms with E-state index in [1.54, 1.807) is 0 Å². The minimum absolute atomic E-state index is 0.0977. The van der Waals surface area contributed by atoms with Crippen molar-refractivity contribution in [2.45, 2.75) is 5.03 Å². The highest BCUT2D eigenvalue weighted by atomic mass is 32.2. The molecule has 2 N–H and O–H groups in total. The Labute approximate surface area is 64.8 Å². The monoisotopic (exact) mass is 168 g/mol. The van der Waals surface area contributed by atoms with Crippen LogP contribution < -0.4 is 5.73 Å². The predicted molar refractivity (Wildman–Crippen MR) is 39.7 cm³/mol. The van der Waals surface area contributed by atoms with E-state index in [4.69, 9.17) is 5.73 Å². The Balaban J connectivity index is 2.67. The molecule has 1 aliphatic rings. The average molecular weight is 168 g/mol. The summed E-state index contributed by atoms with van der Waals surface area (Å²) in [5.41, 5.74) is 5.81. The van der Waals surface area contributed by atoms with Crippen molar-refractivity contribution in [2.24, 2.45) is 10.7 Å². The third-order valence-corrected chi connectivity index (χ3v) is 2.39. The van der Waals surface area contributed by atoms with Crippen molar-refractivity contribution in [1.29, 1.82) is 0 Å². The van der Waals surface area contributed by atoms with Crippen molar-refractivity contribution in [2.75, 3.05) is 0 Å². The van der Waals surface area contributed by atoms with E-state index in [-0.39, 0.29) is 5.17 Å². The first-order chi connectivity index (χ1) is 5.29. The van der Waals surface area contributed by atoms with Crippen LogP contribution >= 0.6 is 0 Å². The maximum atomic E-state index is 11.2. The largest absolute Gasteiger partial charge is 0.376 e. The lowest BCUT2D eigenvalue weighted by Crippen LogP contribution is -2.14. The van der Waals surface area contributed by atoms with Crippen molar-refractivity contribution >= 4 is 21.7 Å². The van der Waals surface area contributed by atoms with E-state index in [2.05, 4.69) is 15.0 Å². The molecule has 1 aromatic heterocycles. The zero-order valence-electron chi connectivity index (χ0n) is 5.39. The fourth-order valence-electron chi connectivity index (χ4n) is 0.790. The number of hydrogen-bond acceptors (Lipinski definition) is 5. The Morgan fingerprint density at radius 3 is 3.09 bits per heavy atom. The lowest BCUT2D eigenvalue weighted by Gasteiger charge is -1.89. The van der Waals surface area contributed by atoms with Crippen molar-refractivity contribution in [3.8, 4) is 0 Å².